The zero-order valence-corrected chi connectivity index (χ0v) is 60.7. The second kappa shape index (κ2) is 31.7. The predicted octanol–water partition coefficient (Wildman–Crippen LogP) is 13.9. The molecule has 0 bridgehead atoms. The molecule has 2 N–H and O–H groups in total. The first-order valence-electron chi connectivity index (χ1n) is 34.0. The van der Waals surface area contributed by atoms with Gasteiger partial charge in [0.25, 0.3) is 0 Å². The third-order valence-corrected chi connectivity index (χ3v) is 21.9. The van der Waals surface area contributed by atoms with E-state index < -0.39 is 58.9 Å². The maximum absolute atomic E-state index is 14.1. The smallest absolute Gasteiger partial charge is 0.332 e. The van der Waals surface area contributed by atoms with E-state index in [-0.39, 0.29) is 66.9 Å². The van der Waals surface area contributed by atoms with Crippen LogP contribution in [-0.2, 0) is 38.2 Å². The second-order valence-corrected chi connectivity index (χ2v) is 29.2. The van der Waals surface area contributed by atoms with Crippen LogP contribution in [-0.4, -0.2) is 143 Å². The topological polar surface area (TPSA) is 240 Å². The minimum Gasteiger partial charge on any atom is -0.495 e. The van der Waals surface area contributed by atoms with Crippen molar-refractivity contribution < 1.29 is 57.2 Å². The lowest BCUT2D eigenvalue weighted by molar-refractivity contribution is -0.150. The molecule has 24 heteroatoms. The fourth-order valence-corrected chi connectivity index (χ4v) is 16.0. The Morgan fingerprint density at radius 3 is 1.85 bits per heavy atom. The molecule has 0 spiro atoms. The molecule has 1 aliphatic heterocycles. The fourth-order valence-electron chi connectivity index (χ4n) is 13.5. The van der Waals surface area contributed by atoms with E-state index in [4.69, 9.17) is 71.6 Å². The van der Waals surface area contributed by atoms with Gasteiger partial charge in [0.05, 0.1) is 73.5 Å². The van der Waals surface area contributed by atoms with Gasteiger partial charge in [0.2, 0.25) is 23.6 Å². The van der Waals surface area contributed by atoms with Crippen LogP contribution in [0.2, 0.25) is 10.0 Å². The van der Waals surface area contributed by atoms with Crippen LogP contribution in [0.1, 0.15) is 142 Å². The molecular formula is C74H90Cl2N8O12S2. The van der Waals surface area contributed by atoms with Crippen molar-refractivity contribution >= 4 is 103 Å². The van der Waals surface area contributed by atoms with Gasteiger partial charge in [-0.1, -0.05) is 75.2 Å². The van der Waals surface area contributed by atoms with Gasteiger partial charge in [0.15, 0.2) is 0 Å². The average Bonchev–Trinajstić information content (AvgIpc) is 1.56. The average molecular weight is 1420 g/mol. The number of hydrogen-bond acceptors (Lipinski definition) is 18. The van der Waals surface area contributed by atoms with Gasteiger partial charge in [-0.05, 0) is 127 Å². The van der Waals surface area contributed by atoms with Gasteiger partial charge in [0, 0.05) is 72.7 Å². The quantitative estimate of drug-likeness (QED) is 0.0344. The third kappa shape index (κ3) is 15.7. The van der Waals surface area contributed by atoms with Crippen LogP contribution < -0.4 is 29.6 Å². The Morgan fingerprint density at radius 1 is 0.755 bits per heavy atom. The van der Waals surface area contributed by atoms with Gasteiger partial charge >= 0.3 is 11.9 Å². The van der Waals surface area contributed by atoms with E-state index >= 15 is 0 Å². The maximum atomic E-state index is 14.1. The number of ether oxygens (including phenoxy) is 6. The molecule has 4 saturated carbocycles. The van der Waals surface area contributed by atoms with E-state index in [0.29, 0.717) is 111 Å². The minimum atomic E-state index is -1.17. The number of carbonyl (C=O) groups excluding carboxylic acids is 6. The normalized spacial score (nSPS) is 24.7. The largest absolute Gasteiger partial charge is 0.495 e. The summed E-state index contributed by atoms with van der Waals surface area (Å²) < 4.78 is 35.2. The summed E-state index contributed by atoms with van der Waals surface area (Å²) in [5.41, 5.74) is 1.86. The summed E-state index contributed by atoms with van der Waals surface area (Å²) in [5, 5.41) is 13.6. The van der Waals surface area contributed by atoms with Gasteiger partial charge in [-0.2, -0.15) is 0 Å². The monoisotopic (exact) mass is 1420 g/mol. The van der Waals surface area contributed by atoms with Crippen LogP contribution in [0, 0.1) is 35.5 Å². The van der Waals surface area contributed by atoms with Crippen molar-refractivity contribution in [1.29, 1.82) is 0 Å². The highest BCUT2D eigenvalue weighted by molar-refractivity contribution is 7.13. The van der Waals surface area contributed by atoms with Gasteiger partial charge < -0.3 is 48.9 Å². The van der Waals surface area contributed by atoms with Crippen molar-refractivity contribution in [1.82, 2.24) is 40.4 Å². The van der Waals surface area contributed by atoms with E-state index in [2.05, 4.69) is 57.6 Å². The molecule has 4 aliphatic carbocycles. The number of unbranched alkanes of at least 4 members (excludes halogenated alkanes) is 2. The van der Waals surface area contributed by atoms with Crippen molar-refractivity contribution in [2.75, 3.05) is 54.6 Å². The number of pyridine rings is 2. The molecule has 1 unspecified atom stereocenters. The van der Waals surface area contributed by atoms with Crippen molar-refractivity contribution in [3.05, 3.63) is 106 Å². The predicted molar refractivity (Wildman–Crippen MR) is 382 cm³/mol. The number of fused-ring (bicyclic) bond motifs is 4. The Hall–Kier alpha value is -7.66. The molecule has 4 amide bonds. The van der Waals surface area contributed by atoms with Crippen molar-refractivity contribution in [2.24, 2.45) is 35.5 Å². The van der Waals surface area contributed by atoms with Gasteiger partial charge in [0.1, 0.15) is 77.7 Å². The number of benzene rings is 2. The maximum Gasteiger partial charge on any atom is 0.332 e. The van der Waals surface area contributed by atoms with E-state index in [0.717, 1.165) is 59.9 Å². The minimum absolute atomic E-state index is 0.0940. The molecule has 6 aromatic rings. The molecule has 5 heterocycles. The van der Waals surface area contributed by atoms with Crippen molar-refractivity contribution in [3.63, 3.8) is 0 Å². The standard InChI is InChI=1S/C38H47ClN4O6S.C36H43ClN4O6S/c1-8-11-12-13-16-43(6)36(45)27-18-24(17-26(27)34(44)42-38(20-23(38)9-2)37(46)48-10-3)49-31-19-28(35-41-29(21-50-35)22(4)5)40-33-25(31)14-15-30(47-7)32(33)39;1-6-46-35(44)36-18-21(36)11-9-7-8-10-14-41(4)34(43)25-16-22(15-24(25)32(42)40-36)47-29-17-26(33-39-27(19-48-33)20(2)3)38-31-23(29)12-13-28(45-5)30(31)37/h8-9,14-15,19,21-24,26-27H,1-2,10-13,16-18,20H2,3-7H3,(H,42,44);9,11-13,17,19-22,24-25H,6-8,10,14-16,18H2,1-5H3,(H,40,42)/b;11-9-/t23-,24-,26-,27-,38-;21?,22-,24-,25-,36-/m11/s1. The first kappa shape index (κ1) is 73.1. The van der Waals surface area contributed by atoms with Crippen LogP contribution in [0.25, 0.3) is 43.2 Å². The van der Waals surface area contributed by atoms with Crippen LogP contribution in [0.4, 0.5) is 0 Å². The summed E-state index contributed by atoms with van der Waals surface area (Å²) in [6.45, 7) is 21.0. The Morgan fingerprint density at radius 2 is 1.32 bits per heavy atom. The number of esters is 2. The van der Waals surface area contributed by atoms with Crippen molar-refractivity contribution in [3.8, 4) is 44.4 Å². The number of carbonyl (C=O) groups is 6. The van der Waals surface area contributed by atoms with Crippen LogP contribution in [0.15, 0.2) is 84.6 Å². The number of amides is 4. The van der Waals surface area contributed by atoms with Crippen LogP contribution >= 0.6 is 45.9 Å². The van der Waals surface area contributed by atoms with Gasteiger partial charge in [-0.15, -0.1) is 35.8 Å². The highest BCUT2D eigenvalue weighted by Gasteiger charge is 2.63. The first-order chi connectivity index (χ1) is 47.0. The molecule has 11 rings (SSSR count). The molecule has 0 radical (unpaired) electrons. The number of thiazole rings is 2. The van der Waals surface area contributed by atoms with E-state index in [1.54, 1.807) is 70.2 Å². The number of nitrogens with zero attached hydrogens (tertiary/aromatic N) is 6. The highest BCUT2D eigenvalue weighted by Crippen LogP contribution is 2.50. The number of halogens is 2. The summed E-state index contributed by atoms with van der Waals surface area (Å²) in [7, 11) is 6.66. The lowest BCUT2D eigenvalue weighted by atomic mass is 9.93. The first-order valence-corrected chi connectivity index (χ1v) is 36.5. The highest BCUT2D eigenvalue weighted by atomic mass is 35.5. The number of methoxy groups -OCH3 is 2. The Bertz CT molecular complexity index is 4010. The van der Waals surface area contributed by atoms with E-state index in [9.17, 15) is 28.8 Å². The molecule has 98 heavy (non-hydrogen) atoms. The molecule has 0 saturated heterocycles. The number of hydrogen-bond donors (Lipinski definition) is 2. The Balaban J connectivity index is 0.000000213. The summed E-state index contributed by atoms with van der Waals surface area (Å²) in [6.07, 6.45) is 13.9. The Kier molecular flexibility index (Phi) is 23.6. The number of nitrogens with one attached hydrogen (secondary N) is 2. The van der Waals surface area contributed by atoms with Gasteiger partial charge in [-0.25, -0.2) is 29.5 Å². The number of allylic oxidation sites excluding steroid dienone is 2. The van der Waals surface area contributed by atoms with Crippen molar-refractivity contribution in [2.45, 2.75) is 154 Å². The Labute approximate surface area is 591 Å². The molecule has 10 atom stereocenters. The fraction of sp³-hybridized carbons (Fsp3) is 0.514. The lowest BCUT2D eigenvalue weighted by Gasteiger charge is -2.26. The summed E-state index contributed by atoms with van der Waals surface area (Å²) in [4.78, 5) is 105. The number of rotatable bonds is 23. The molecule has 20 nitrogen and oxygen atoms in total. The molecule has 4 aromatic heterocycles. The third-order valence-electron chi connectivity index (χ3n) is 19.4. The molecule has 4 fully saturated rings. The SMILES string of the molecule is C=CCCCCN(C)C(=O)[C@@H]1C[C@H](Oc2cc(-c3nc(C(C)C)cs3)nc3c(Cl)c(OC)ccc23)C[C@H]1C(=O)N[C@]1(C(=O)OCC)C[C@H]1C=C.CCOC(=O)[C@@]12CC1/C=C\CCCCN(C)C(=O)[C@@H]1C[C@H](Oc3cc(-c4nc(C(C)C)cs4)nc4c(Cl)c(OC)ccc34)C[C@H]1C(=O)N2. The summed E-state index contributed by atoms with van der Waals surface area (Å²) >= 11 is 16.6. The molecule has 524 valence electrons. The second-order valence-electron chi connectivity index (χ2n) is 26.7. The van der Waals surface area contributed by atoms with Crippen LogP contribution in [0.5, 0.6) is 23.0 Å². The lowest BCUT2D eigenvalue weighted by Crippen LogP contribution is -2.50. The van der Waals surface area contributed by atoms with E-state index in [1.165, 1.54) is 22.7 Å². The molecular weight excluding hydrogens is 1330 g/mol. The van der Waals surface area contributed by atoms with Gasteiger partial charge in [-0.3, -0.25) is 19.2 Å². The summed E-state index contributed by atoms with van der Waals surface area (Å²) in [5.74, 6) is -2.40. The zero-order valence-electron chi connectivity index (χ0n) is 57.6. The summed E-state index contributed by atoms with van der Waals surface area (Å²) in [6, 6.07) is 10.9. The van der Waals surface area contributed by atoms with E-state index in [1.807, 2.05) is 47.2 Å². The molecule has 2 aromatic carbocycles. The number of aromatic nitrogens is 4. The molecule has 5 aliphatic rings. The van der Waals surface area contributed by atoms with Crippen LogP contribution in [0.3, 0.4) is 0 Å². The zero-order chi connectivity index (χ0) is 70.3.